The number of nitrogens with zero attached hydrogens (tertiary/aromatic N) is 2. The minimum absolute atomic E-state index is 0.0151. The Hall–Kier alpha value is -4.96. The number of hydrogen-bond acceptors (Lipinski definition) is 6. The molecule has 0 saturated heterocycles. The van der Waals surface area contributed by atoms with E-state index >= 15 is 0 Å². The lowest BCUT2D eigenvalue weighted by atomic mass is 10.0. The molecular weight excluding hydrogens is 513 g/mol. The van der Waals surface area contributed by atoms with Crippen LogP contribution in [0.4, 0.5) is 10.1 Å². The summed E-state index contributed by atoms with van der Waals surface area (Å²) in [4.78, 5) is 55.6. The van der Waals surface area contributed by atoms with E-state index in [-0.39, 0.29) is 35.4 Å². The molecule has 4 aromatic rings. The molecule has 4 rings (SSSR count). The summed E-state index contributed by atoms with van der Waals surface area (Å²) in [6, 6.07) is 16.3. The average Bonchev–Trinajstić information content (AvgIpc) is 2.98. The standard InChI is InChI=1S/C30H28FN5O4/c1-18(32-2)28(38)35-25-11-12-26(21-5-4-6-22(14-21)29(39)33-3)36(30(25)40)17-19-13-23(16-34-15-19)27(37)20-7-9-24(31)10-8-20/h4-16,18,32H,17H2,1-3H3,(H,33,39)(H,35,38). The molecule has 0 fully saturated rings. The Morgan fingerprint density at radius 2 is 1.68 bits per heavy atom. The molecule has 10 heteroatoms. The van der Waals surface area contributed by atoms with Gasteiger partial charge in [-0.15, -0.1) is 0 Å². The first-order valence-electron chi connectivity index (χ1n) is 12.5. The molecule has 1 unspecified atom stereocenters. The maximum atomic E-state index is 13.7. The summed E-state index contributed by atoms with van der Waals surface area (Å²) in [7, 11) is 3.17. The first-order chi connectivity index (χ1) is 19.2. The molecule has 3 N–H and O–H groups in total. The first kappa shape index (κ1) is 28.1. The van der Waals surface area contributed by atoms with E-state index in [4.69, 9.17) is 0 Å². The van der Waals surface area contributed by atoms with Crippen LogP contribution >= 0.6 is 0 Å². The Bertz CT molecular complexity index is 1630. The van der Waals surface area contributed by atoms with Gasteiger partial charge in [-0.05, 0) is 79.7 Å². The number of ketones is 1. The normalized spacial score (nSPS) is 11.5. The predicted molar refractivity (Wildman–Crippen MR) is 150 cm³/mol. The van der Waals surface area contributed by atoms with Crippen LogP contribution in [0.1, 0.15) is 38.8 Å². The Morgan fingerprint density at radius 3 is 2.38 bits per heavy atom. The second-order valence-corrected chi connectivity index (χ2v) is 9.10. The molecule has 1 atom stereocenters. The molecule has 2 heterocycles. The molecule has 0 spiro atoms. The van der Waals surface area contributed by atoms with Crippen molar-refractivity contribution in [3.63, 3.8) is 0 Å². The number of carbonyl (C=O) groups is 3. The Morgan fingerprint density at radius 1 is 0.925 bits per heavy atom. The minimum Gasteiger partial charge on any atom is -0.355 e. The van der Waals surface area contributed by atoms with Crippen LogP contribution in [-0.4, -0.2) is 47.3 Å². The number of anilines is 1. The van der Waals surface area contributed by atoms with E-state index in [0.29, 0.717) is 27.9 Å². The summed E-state index contributed by atoms with van der Waals surface area (Å²) in [6.07, 6.45) is 2.94. The number of hydrogen-bond donors (Lipinski definition) is 3. The molecule has 0 bridgehead atoms. The molecule has 0 aliphatic rings. The van der Waals surface area contributed by atoms with Crippen molar-refractivity contribution in [1.82, 2.24) is 20.2 Å². The zero-order valence-electron chi connectivity index (χ0n) is 22.2. The van der Waals surface area contributed by atoms with Crippen LogP contribution < -0.4 is 21.5 Å². The summed E-state index contributed by atoms with van der Waals surface area (Å²) < 4.78 is 14.8. The van der Waals surface area contributed by atoms with Crippen molar-refractivity contribution in [3.05, 3.63) is 118 Å². The van der Waals surface area contributed by atoms with Gasteiger partial charge >= 0.3 is 0 Å². The largest absolute Gasteiger partial charge is 0.355 e. The van der Waals surface area contributed by atoms with Crippen LogP contribution in [0.5, 0.6) is 0 Å². The van der Waals surface area contributed by atoms with Crippen LogP contribution in [0.2, 0.25) is 0 Å². The van der Waals surface area contributed by atoms with E-state index in [0.717, 1.165) is 0 Å². The number of amides is 2. The molecule has 0 aliphatic carbocycles. The van der Waals surface area contributed by atoms with Gasteiger partial charge < -0.3 is 20.5 Å². The Balaban J connectivity index is 1.78. The van der Waals surface area contributed by atoms with Gasteiger partial charge in [0.1, 0.15) is 11.5 Å². The van der Waals surface area contributed by atoms with Crippen molar-refractivity contribution in [2.75, 3.05) is 19.4 Å². The zero-order valence-corrected chi connectivity index (χ0v) is 22.2. The molecular formula is C30H28FN5O4. The lowest BCUT2D eigenvalue weighted by molar-refractivity contribution is -0.117. The Kier molecular flexibility index (Phi) is 8.60. The lowest BCUT2D eigenvalue weighted by Crippen LogP contribution is -2.37. The number of halogens is 1. The third kappa shape index (κ3) is 6.19. The van der Waals surface area contributed by atoms with Gasteiger partial charge in [0.05, 0.1) is 18.3 Å². The van der Waals surface area contributed by atoms with Crippen molar-refractivity contribution < 1.29 is 18.8 Å². The van der Waals surface area contributed by atoms with Gasteiger partial charge in [-0.2, -0.15) is 0 Å². The van der Waals surface area contributed by atoms with Crippen molar-refractivity contribution in [1.29, 1.82) is 0 Å². The number of carbonyl (C=O) groups excluding carboxylic acids is 3. The topological polar surface area (TPSA) is 122 Å². The van der Waals surface area contributed by atoms with Gasteiger partial charge in [0.25, 0.3) is 11.5 Å². The summed E-state index contributed by atoms with van der Waals surface area (Å²) in [6.45, 7) is 1.68. The monoisotopic (exact) mass is 541 g/mol. The van der Waals surface area contributed by atoms with Crippen LogP contribution in [0, 0.1) is 5.82 Å². The van der Waals surface area contributed by atoms with E-state index in [1.165, 1.54) is 54.3 Å². The number of likely N-dealkylation sites (N-methyl/N-ethyl adjacent to an activating group) is 1. The van der Waals surface area contributed by atoms with Crippen molar-refractivity contribution in [2.24, 2.45) is 0 Å². The quantitative estimate of drug-likeness (QED) is 0.280. The van der Waals surface area contributed by atoms with Crippen LogP contribution in [-0.2, 0) is 11.3 Å². The highest BCUT2D eigenvalue weighted by Gasteiger charge is 2.18. The van der Waals surface area contributed by atoms with Gasteiger partial charge in [-0.1, -0.05) is 12.1 Å². The van der Waals surface area contributed by atoms with Crippen LogP contribution in [0.15, 0.2) is 83.9 Å². The predicted octanol–water partition coefficient (Wildman–Crippen LogP) is 3.23. The van der Waals surface area contributed by atoms with Crippen molar-refractivity contribution in [3.8, 4) is 11.3 Å². The number of benzene rings is 2. The maximum absolute atomic E-state index is 13.7. The van der Waals surface area contributed by atoms with Gasteiger partial charge in [0.2, 0.25) is 5.91 Å². The molecule has 2 aromatic heterocycles. The second-order valence-electron chi connectivity index (χ2n) is 9.10. The van der Waals surface area contributed by atoms with Gasteiger partial charge in [-0.25, -0.2) is 4.39 Å². The average molecular weight is 542 g/mol. The fraction of sp³-hybridized carbons (Fsp3) is 0.167. The third-order valence-electron chi connectivity index (χ3n) is 6.41. The fourth-order valence-electron chi connectivity index (χ4n) is 4.07. The third-order valence-corrected chi connectivity index (χ3v) is 6.41. The van der Waals surface area contributed by atoms with Gasteiger partial charge in [0.15, 0.2) is 5.78 Å². The summed E-state index contributed by atoms with van der Waals surface area (Å²) >= 11 is 0. The van der Waals surface area contributed by atoms with E-state index in [1.807, 2.05) is 0 Å². The highest BCUT2D eigenvalue weighted by molar-refractivity contribution is 6.08. The highest BCUT2D eigenvalue weighted by atomic mass is 19.1. The van der Waals surface area contributed by atoms with Crippen molar-refractivity contribution >= 4 is 23.3 Å². The fourth-order valence-corrected chi connectivity index (χ4v) is 4.07. The van der Waals surface area contributed by atoms with E-state index < -0.39 is 17.4 Å². The van der Waals surface area contributed by atoms with E-state index in [9.17, 15) is 23.6 Å². The molecule has 9 nitrogen and oxygen atoms in total. The molecule has 2 amide bonds. The SMILES string of the molecule is CNC(=O)c1cccc(-c2ccc(NC(=O)C(C)NC)c(=O)n2Cc2cncc(C(=O)c3ccc(F)cc3)c2)c1. The van der Waals surface area contributed by atoms with Crippen LogP contribution in [0.3, 0.4) is 0 Å². The van der Waals surface area contributed by atoms with E-state index in [2.05, 4.69) is 20.9 Å². The number of aromatic nitrogens is 2. The molecule has 2 aromatic carbocycles. The minimum atomic E-state index is -0.532. The number of nitrogens with one attached hydrogen (secondary N) is 3. The molecule has 0 aliphatic heterocycles. The highest BCUT2D eigenvalue weighted by Crippen LogP contribution is 2.23. The lowest BCUT2D eigenvalue weighted by Gasteiger charge is -2.17. The van der Waals surface area contributed by atoms with Gasteiger partial charge in [0, 0.05) is 36.1 Å². The summed E-state index contributed by atoms with van der Waals surface area (Å²) in [5, 5.41) is 8.08. The van der Waals surface area contributed by atoms with Crippen LogP contribution in [0.25, 0.3) is 11.3 Å². The number of rotatable bonds is 9. The number of pyridine rings is 2. The zero-order chi connectivity index (χ0) is 28.8. The maximum Gasteiger partial charge on any atom is 0.275 e. The summed E-state index contributed by atoms with van der Waals surface area (Å²) in [5.74, 6) is -1.46. The smallest absolute Gasteiger partial charge is 0.275 e. The van der Waals surface area contributed by atoms with E-state index in [1.54, 1.807) is 50.4 Å². The molecule has 0 saturated carbocycles. The Labute approximate surface area is 230 Å². The summed E-state index contributed by atoms with van der Waals surface area (Å²) in [5.41, 5.74) is 2.22. The first-order valence-corrected chi connectivity index (χ1v) is 12.5. The molecule has 40 heavy (non-hydrogen) atoms. The molecule has 0 radical (unpaired) electrons. The van der Waals surface area contributed by atoms with Gasteiger partial charge in [-0.3, -0.25) is 24.2 Å². The second kappa shape index (κ2) is 12.3. The van der Waals surface area contributed by atoms with Crippen molar-refractivity contribution in [2.45, 2.75) is 19.5 Å². The molecule has 204 valence electrons.